The van der Waals surface area contributed by atoms with Crippen LogP contribution in [0.15, 0.2) is 59.5 Å². The van der Waals surface area contributed by atoms with E-state index in [1.165, 1.54) is 11.4 Å². The molecular formula is C20H24N2O4S. The van der Waals surface area contributed by atoms with Crippen molar-refractivity contribution in [3.63, 3.8) is 0 Å². The van der Waals surface area contributed by atoms with Gasteiger partial charge in [-0.25, -0.2) is 8.42 Å². The fourth-order valence-corrected chi connectivity index (χ4v) is 4.21. The fourth-order valence-electron chi connectivity index (χ4n) is 2.99. The Morgan fingerprint density at radius 1 is 1.15 bits per heavy atom. The van der Waals surface area contributed by atoms with Crippen LogP contribution in [0.3, 0.4) is 0 Å². The number of benzene rings is 2. The number of nitrogens with zero attached hydrogens (tertiary/aromatic N) is 1. The van der Waals surface area contributed by atoms with E-state index in [4.69, 9.17) is 4.74 Å². The van der Waals surface area contributed by atoms with Crippen LogP contribution < -0.4 is 9.62 Å². The number of nitrogens with one attached hydrogen (secondary N) is 1. The summed E-state index contributed by atoms with van der Waals surface area (Å²) in [7, 11) is -2.09. The number of amides is 1. The molecule has 1 heterocycles. The lowest BCUT2D eigenvalue weighted by Gasteiger charge is -2.19. The van der Waals surface area contributed by atoms with Gasteiger partial charge >= 0.3 is 0 Å². The first-order valence-electron chi connectivity index (χ1n) is 8.98. The highest BCUT2D eigenvalue weighted by Crippen LogP contribution is 2.22. The van der Waals surface area contributed by atoms with Gasteiger partial charge in [-0.1, -0.05) is 30.3 Å². The average Bonchev–Trinajstić information content (AvgIpc) is 3.21. The van der Waals surface area contributed by atoms with Gasteiger partial charge in [0.15, 0.2) is 0 Å². The van der Waals surface area contributed by atoms with Crippen LogP contribution in [0, 0.1) is 0 Å². The molecule has 1 aliphatic rings. The van der Waals surface area contributed by atoms with E-state index >= 15 is 0 Å². The highest BCUT2D eigenvalue weighted by molar-refractivity contribution is 7.92. The van der Waals surface area contributed by atoms with Crippen LogP contribution in [0.4, 0.5) is 5.69 Å². The number of carbonyl (C=O) groups is 1. The molecule has 0 aliphatic carbocycles. The predicted octanol–water partition coefficient (Wildman–Crippen LogP) is 2.35. The minimum Gasteiger partial charge on any atom is -0.376 e. The number of hydrogen-bond acceptors (Lipinski definition) is 4. The van der Waals surface area contributed by atoms with Crippen LogP contribution in [0.2, 0.25) is 0 Å². The highest BCUT2D eigenvalue weighted by atomic mass is 32.2. The molecule has 3 rings (SSSR count). The lowest BCUT2D eigenvalue weighted by Crippen LogP contribution is -2.32. The first kappa shape index (κ1) is 19.4. The van der Waals surface area contributed by atoms with Crippen molar-refractivity contribution >= 4 is 21.6 Å². The van der Waals surface area contributed by atoms with E-state index in [2.05, 4.69) is 5.32 Å². The maximum absolute atomic E-state index is 12.7. The number of hydrogen-bond donors (Lipinski definition) is 1. The topological polar surface area (TPSA) is 75.7 Å². The largest absolute Gasteiger partial charge is 0.376 e. The minimum absolute atomic E-state index is 0.0662. The van der Waals surface area contributed by atoms with Crippen molar-refractivity contribution in [1.29, 1.82) is 0 Å². The van der Waals surface area contributed by atoms with Crippen molar-refractivity contribution < 1.29 is 17.9 Å². The first-order valence-corrected chi connectivity index (χ1v) is 10.4. The molecule has 2 aromatic carbocycles. The molecule has 27 heavy (non-hydrogen) atoms. The molecule has 6 nitrogen and oxygen atoms in total. The van der Waals surface area contributed by atoms with Crippen molar-refractivity contribution in [3.05, 3.63) is 60.2 Å². The molecule has 0 saturated carbocycles. The third kappa shape index (κ3) is 4.87. The Labute approximate surface area is 160 Å². The van der Waals surface area contributed by atoms with Gasteiger partial charge in [0.05, 0.1) is 23.1 Å². The van der Waals surface area contributed by atoms with Gasteiger partial charge in [0.2, 0.25) is 5.91 Å². The summed E-state index contributed by atoms with van der Waals surface area (Å²) in [6.07, 6.45) is 2.40. The van der Waals surface area contributed by atoms with E-state index in [0.717, 1.165) is 25.0 Å². The normalized spacial score (nSPS) is 16.9. The molecule has 0 aromatic heterocycles. The number of anilines is 1. The van der Waals surface area contributed by atoms with Gasteiger partial charge in [0, 0.05) is 20.2 Å². The zero-order chi connectivity index (χ0) is 19.3. The monoisotopic (exact) mass is 388 g/mol. The first-order chi connectivity index (χ1) is 13.0. The summed E-state index contributed by atoms with van der Waals surface area (Å²) in [4.78, 5) is 12.3. The van der Waals surface area contributed by atoms with E-state index in [9.17, 15) is 13.2 Å². The van der Waals surface area contributed by atoms with E-state index in [0.29, 0.717) is 12.2 Å². The summed E-state index contributed by atoms with van der Waals surface area (Å²) in [5, 5.41) is 2.89. The maximum atomic E-state index is 12.7. The maximum Gasteiger partial charge on any atom is 0.264 e. The van der Waals surface area contributed by atoms with Gasteiger partial charge in [-0.2, -0.15) is 0 Å². The van der Waals surface area contributed by atoms with Crippen LogP contribution >= 0.6 is 0 Å². The smallest absolute Gasteiger partial charge is 0.264 e. The molecule has 1 atom stereocenters. The van der Waals surface area contributed by atoms with Crippen molar-refractivity contribution in [1.82, 2.24) is 5.32 Å². The van der Waals surface area contributed by atoms with Gasteiger partial charge in [0.1, 0.15) is 0 Å². The Balaban J connectivity index is 1.60. The Bertz CT molecular complexity index is 861. The molecule has 144 valence electrons. The van der Waals surface area contributed by atoms with Crippen LogP contribution in [-0.4, -0.2) is 40.6 Å². The van der Waals surface area contributed by atoms with Crippen LogP contribution in [-0.2, 0) is 26.0 Å². The SMILES string of the molecule is CN(c1ccc(CC(=O)NC[C@H]2CCCO2)cc1)S(=O)(=O)c1ccccc1. The third-order valence-electron chi connectivity index (χ3n) is 4.62. The molecule has 1 aliphatic heterocycles. The van der Waals surface area contributed by atoms with Crippen molar-refractivity contribution in [2.75, 3.05) is 24.5 Å². The Hall–Kier alpha value is -2.38. The molecule has 7 heteroatoms. The molecular weight excluding hydrogens is 364 g/mol. The number of rotatable bonds is 7. The van der Waals surface area contributed by atoms with E-state index in [1.54, 1.807) is 54.6 Å². The molecule has 1 saturated heterocycles. The molecule has 0 bridgehead atoms. The second-order valence-electron chi connectivity index (χ2n) is 6.57. The lowest BCUT2D eigenvalue weighted by atomic mass is 10.1. The van der Waals surface area contributed by atoms with Gasteiger partial charge in [-0.05, 0) is 42.7 Å². The van der Waals surface area contributed by atoms with Crippen LogP contribution in [0.25, 0.3) is 0 Å². The van der Waals surface area contributed by atoms with E-state index in [1.807, 2.05) is 0 Å². The molecule has 0 unspecified atom stereocenters. The summed E-state index contributed by atoms with van der Waals surface area (Å²) in [6, 6.07) is 15.3. The quantitative estimate of drug-likeness (QED) is 0.790. The Kier molecular flexibility index (Phi) is 6.13. The van der Waals surface area contributed by atoms with Crippen molar-refractivity contribution in [2.24, 2.45) is 0 Å². The van der Waals surface area contributed by atoms with Crippen LogP contribution in [0.1, 0.15) is 18.4 Å². The predicted molar refractivity (Wildman–Crippen MR) is 104 cm³/mol. The molecule has 0 spiro atoms. The number of ether oxygens (including phenoxy) is 1. The standard InChI is InChI=1S/C20H24N2O4S/c1-22(27(24,25)19-7-3-2-4-8-19)17-11-9-16(10-12-17)14-20(23)21-15-18-6-5-13-26-18/h2-4,7-12,18H,5-6,13-15H2,1H3,(H,21,23)/t18-/m1/s1. The van der Waals surface area contributed by atoms with E-state index < -0.39 is 10.0 Å². The lowest BCUT2D eigenvalue weighted by molar-refractivity contribution is -0.120. The second-order valence-corrected chi connectivity index (χ2v) is 8.54. The molecule has 1 N–H and O–H groups in total. The third-order valence-corrected chi connectivity index (χ3v) is 6.42. The molecule has 0 radical (unpaired) electrons. The fraction of sp³-hybridized carbons (Fsp3) is 0.350. The zero-order valence-corrected chi connectivity index (χ0v) is 16.1. The highest BCUT2D eigenvalue weighted by Gasteiger charge is 2.21. The summed E-state index contributed by atoms with van der Waals surface area (Å²) < 4.78 is 32.0. The zero-order valence-electron chi connectivity index (χ0n) is 15.3. The summed E-state index contributed by atoms with van der Waals surface area (Å²) in [5.74, 6) is -0.0662. The summed E-state index contributed by atoms with van der Waals surface area (Å²) in [6.45, 7) is 1.30. The minimum atomic E-state index is -3.61. The van der Waals surface area contributed by atoms with Gasteiger partial charge in [-0.3, -0.25) is 9.10 Å². The van der Waals surface area contributed by atoms with Gasteiger partial charge in [0.25, 0.3) is 10.0 Å². The van der Waals surface area contributed by atoms with Crippen molar-refractivity contribution in [2.45, 2.75) is 30.3 Å². The van der Waals surface area contributed by atoms with Crippen molar-refractivity contribution in [3.8, 4) is 0 Å². The Morgan fingerprint density at radius 2 is 1.85 bits per heavy atom. The molecule has 2 aromatic rings. The molecule has 1 fully saturated rings. The number of sulfonamides is 1. The molecule has 1 amide bonds. The Morgan fingerprint density at radius 3 is 2.48 bits per heavy atom. The van der Waals surface area contributed by atoms with E-state index in [-0.39, 0.29) is 23.3 Å². The summed E-state index contributed by atoms with van der Waals surface area (Å²) >= 11 is 0. The second kappa shape index (κ2) is 8.54. The van der Waals surface area contributed by atoms with Crippen LogP contribution in [0.5, 0.6) is 0 Å². The number of carbonyl (C=O) groups excluding carboxylic acids is 1. The summed E-state index contributed by atoms with van der Waals surface area (Å²) in [5.41, 5.74) is 1.37. The van der Waals surface area contributed by atoms with Gasteiger partial charge < -0.3 is 10.1 Å². The van der Waals surface area contributed by atoms with Gasteiger partial charge in [-0.15, -0.1) is 0 Å². The average molecular weight is 388 g/mol.